The number of benzene rings is 2. The summed E-state index contributed by atoms with van der Waals surface area (Å²) in [5.74, 6) is -1.04. The van der Waals surface area contributed by atoms with Crippen molar-refractivity contribution in [3.8, 4) is 0 Å². The van der Waals surface area contributed by atoms with Crippen molar-refractivity contribution in [2.24, 2.45) is 11.8 Å². The molecule has 2 aromatic rings. The van der Waals surface area contributed by atoms with Gasteiger partial charge in [-0.25, -0.2) is 0 Å². The molecule has 1 heterocycles. The predicted molar refractivity (Wildman–Crippen MR) is 103 cm³/mol. The maximum atomic E-state index is 12.6. The van der Waals surface area contributed by atoms with Crippen molar-refractivity contribution in [3.63, 3.8) is 0 Å². The van der Waals surface area contributed by atoms with Crippen LogP contribution in [0.1, 0.15) is 28.8 Å². The lowest BCUT2D eigenvalue weighted by Crippen LogP contribution is -2.30. The number of nitrogens with zero attached hydrogens (tertiary/aromatic N) is 1. The highest BCUT2D eigenvalue weighted by molar-refractivity contribution is 6.22. The van der Waals surface area contributed by atoms with Crippen molar-refractivity contribution in [1.29, 1.82) is 0 Å². The first-order chi connectivity index (χ1) is 13.0. The van der Waals surface area contributed by atoms with E-state index in [1.54, 1.807) is 24.3 Å². The fourth-order valence-corrected chi connectivity index (χ4v) is 3.74. The summed E-state index contributed by atoms with van der Waals surface area (Å²) in [7, 11) is 0. The molecule has 5 nitrogen and oxygen atoms in total. The van der Waals surface area contributed by atoms with E-state index in [0.29, 0.717) is 24.1 Å². The van der Waals surface area contributed by atoms with E-state index < -0.39 is 0 Å². The Hall–Kier alpha value is -3.21. The Morgan fingerprint density at radius 1 is 0.963 bits per heavy atom. The zero-order valence-electron chi connectivity index (χ0n) is 15.0. The third-order valence-corrected chi connectivity index (χ3v) is 5.17. The van der Waals surface area contributed by atoms with Gasteiger partial charge in [0, 0.05) is 11.3 Å². The molecule has 27 heavy (non-hydrogen) atoms. The maximum absolute atomic E-state index is 12.6. The summed E-state index contributed by atoms with van der Waals surface area (Å²) in [5, 5.41) is 2.85. The quantitative estimate of drug-likeness (QED) is 0.670. The third kappa shape index (κ3) is 3.16. The van der Waals surface area contributed by atoms with E-state index in [4.69, 9.17) is 0 Å². The molecule has 0 spiro atoms. The Balaban J connectivity index is 1.51. The Morgan fingerprint density at radius 2 is 1.59 bits per heavy atom. The summed E-state index contributed by atoms with van der Waals surface area (Å²) in [6.07, 6.45) is 5.16. The van der Waals surface area contributed by atoms with Crippen LogP contribution in [-0.2, 0) is 9.59 Å². The summed E-state index contributed by atoms with van der Waals surface area (Å²) < 4.78 is 0. The summed E-state index contributed by atoms with van der Waals surface area (Å²) in [6, 6.07) is 14.2. The lowest BCUT2D eigenvalue weighted by Gasteiger charge is -2.15. The molecule has 1 saturated heterocycles. The molecule has 2 aromatic carbocycles. The zero-order chi connectivity index (χ0) is 19.0. The predicted octanol–water partition coefficient (Wildman–Crippen LogP) is 3.70. The van der Waals surface area contributed by atoms with Gasteiger partial charge < -0.3 is 5.32 Å². The van der Waals surface area contributed by atoms with Crippen LogP contribution in [0, 0.1) is 18.8 Å². The van der Waals surface area contributed by atoms with Gasteiger partial charge in [-0.1, -0.05) is 24.3 Å². The van der Waals surface area contributed by atoms with Crippen LogP contribution in [0.15, 0.2) is 60.7 Å². The molecule has 3 amide bonds. The van der Waals surface area contributed by atoms with Gasteiger partial charge in [0.25, 0.3) is 5.91 Å². The van der Waals surface area contributed by atoms with Gasteiger partial charge in [0.15, 0.2) is 0 Å². The number of hydrogen-bond acceptors (Lipinski definition) is 3. The fraction of sp³-hybridized carbons (Fsp3) is 0.227. The van der Waals surface area contributed by atoms with Crippen molar-refractivity contribution in [2.75, 3.05) is 10.2 Å². The number of aryl methyl sites for hydroxylation is 1. The summed E-state index contributed by atoms with van der Waals surface area (Å²) in [4.78, 5) is 39.0. The molecule has 1 N–H and O–H groups in total. The number of hydrogen-bond donors (Lipinski definition) is 1. The zero-order valence-corrected chi connectivity index (χ0v) is 15.0. The molecule has 136 valence electrons. The number of imide groups is 1. The standard InChI is InChI=1S/C22H20N2O3/c1-14-5-4-6-16(13-14)23-20(25)15-9-11-17(12-10-15)24-21(26)18-7-2-3-8-19(18)22(24)27/h2-6,9-13,18-19H,7-8H2,1H3,(H,23,25). The van der Waals surface area contributed by atoms with E-state index in [0.717, 1.165) is 11.3 Å². The number of allylic oxidation sites excluding steroid dienone is 2. The summed E-state index contributed by atoms with van der Waals surface area (Å²) in [6.45, 7) is 1.96. The van der Waals surface area contributed by atoms with Crippen molar-refractivity contribution in [1.82, 2.24) is 0 Å². The van der Waals surface area contributed by atoms with Crippen LogP contribution in [0.2, 0.25) is 0 Å². The lowest BCUT2D eigenvalue weighted by atomic mass is 9.85. The van der Waals surface area contributed by atoms with Crippen LogP contribution >= 0.6 is 0 Å². The van der Waals surface area contributed by atoms with Crippen LogP contribution in [0.3, 0.4) is 0 Å². The number of nitrogens with one attached hydrogen (secondary N) is 1. The van der Waals surface area contributed by atoms with E-state index in [2.05, 4.69) is 5.32 Å². The van der Waals surface area contributed by atoms with Crippen molar-refractivity contribution in [2.45, 2.75) is 19.8 Å². The first-order valence-electron chi connectivity index (χ1n) is 9.05. The molecule has 0 bridgehead atoms. The topological polar surface area (TPSA) is 66.5 Å². The maximum Gasteiger partial charge on any atom is 0.255 e. The van der Waals surface area contributed by atoms with Crippen molar-refractivity contribution >= 4 is 29.1 Å². The fourth-order valence-electron chi connectivity index (χ4n) is 3.74. The minimum Gasteiger partial charge on any atom is -0.322 e. The normalized spacial score (nSPS) is 21.3. The van der Waals surface area contributed by atoms with Gasteiger partial charge in [0.2, 0.25) is 11.8 Å². The van der Waals surface area contributed by atoms with Gasteiger partial charge in [-0.3, -0.25) is 19.3 Å². The number of amides is 3. The molecule has 0 aromatic heterocycles. The van der Waals surface area contributed by atoms with Gasteiger partial charge in [0.05, 0.1) is 17.5 Å². The highest BCUT2D eigenvalue weighted by Crippen LogP contribution is 2.37. The highest BCUT2D eigenvalue weighted by Gasteiger charge is 2.47. The van der Waals surface area contributed by atoms with Crippen LogP contribution in [-0.4, -0.2) is 17.7 Å². The molecule has 5 heteroatoms. The van der Waals surface area contributed by atoms with Gasteiger partial charge in [-0.05, 0) is 61.7 Å². The molecule has 2 unspecified atom stereocenters. The smallest absolute Gasteiger partial charge is 0.255 e. The minimum absolute atomic E-state index is 0.147. The van der Waals surface area contributed by atoms with Crippen LogP contribution in [0.4, 0.5) is 11.4 Å². The second-order valence-corrected chi connectivity index (χ2v) is 7.04. The molecular weight excluding hydrogens is 340 g/mol. The molecule has 2 atom stereocenters. The Kier molecular flexibility index (Phi) is 4.36. The van der Waals surface area contributed by atoms with Crippen LogP contribution < -0.4 is 10.2 Å². The average molecular weight is 360 g/mol. The van der Waals surface area contributed by atoms with E-state index in [-0.39, 0.29) is 29.6 Å². The van der Waals surface area contributed by atoms with Gasteiger partial charge in [-0.2, -0.15) is 0 Å². The largest absolute Gasteiger partial charge is 0.322 e. The number of anilines is 2. The lowest BCUT2D eigenvalue weighted by molar-refractivity contribution is -0.122. The molecular formula is C22H20N2O3. The Labute approximate surface area is 157 Å². The van der Waals surface area contributed by atoms with E-state index in [1.165, 1.54) is 4.90 Å². The van der Waals surface area contributed by atoms with Crippen molar-refractivity contribution < 1.29 is 14.4 Å². The highest BCUT2D eigenvalue weighted by atomic mass is 16.2. The SMILES string of the molecule is Cc1cccc(NC(=O)c2ccc(N3C(=O)C4CC=CCC4C3=O)cc2)c1. The van der Waals surface area contributed by atoms with Crippen molar-refractivity contribution in [3.05, 3.63) is 71.8 Å². The second kappa shape index (κ2) is 6.83. The third-order valence-electron chi connectivity index (χ3n) is 5.17. The number of rotatable bonds is 3. The van der Waals surface area contributed by atoms with E-state index in [1.807, 2.05) is 43.3 Å². The molecule has 1 aliphatic carbocycles. The Bertz CT molecular complexity index is 920. The molecule has 0 saturated carbocycles. The first kappa shape index (κ1) is 17.2. The molecule has 0 radical (unpaired) electrons. The number of carbonyl (C=O) groups excluding carboxylic acids is 3. The van der Waals surface area contributed by atoms with Gasteiger partial charge in [-0.15, -0.1) is 0 Å². The minimum atomic E-state index is -0.258. The monoisotopic (exact) mass is 360 g/mol. The molecule has 1 fully saturated rings. The Morgan fingerprint density at radius 3 is 2.19 bits per heavy atom. The summed E-state index contributed by atoms with van der Waals surface area (Å²) in [5.41, 5.74) is 2.78. The van der Waals surface area contributed by atoms with E-state index in [9.17, 15) is 14.4 Å². The molecule has 2 aliphatic rings. The van der Waals surface area contributed by atoms with Crippen LogP contribution in [0.5, 0.6) is 0 Å². The van der Waals surface area contributed by atoms with E-state index >= 15 is 0 Å². The van der Waals surface area contributed by atoms with Crippen LogP contribution in [0.25, 0.3) is 0 Å². The first-order valence-corrected chi connectivity index (χ1v) is 9.05. The molecule has 4 rings (SSSR count). The number of carbonyl (C=O) groups is 3. The second-order valence-electron chi connectivity index (χ2n) is 7.04. The van der Waals surface area contributed by atoms with Gasteiger partial charge in [0.1, 0.15) is 0 Å². The average Bonchev–Trinajstić information content (AvgIpc) is 2.93. The number of fused-ring (bicyclic) bond motifs is 1. The van der Waals surface area contributed by atoms with Gasteiger partial charge >= 0.3 is 0 Å². The summed E-state index contributed by atoms with van der Waals surface area (Å²) >= 11 is 0. The molecule has 1 aliphatic heterocycles.